The number of carbonyl (C=O) groups is 1. The molecule has 3 heteroatoms. The minimum atomic E-state index is 0.465. The Bertz CT molecular complexity index is 552. The first kappa shape index (κ1) is 14.3. The van der Waals surface area contributed by atoms with Crippen LogP contribution in [0.25, 0.3) is 0 Å². The normalized spacial score (nSPS) is 10.2. The Hall–Kier alpha value is -2.13. The van der Waals surface area contributed by atoms with E-state index >= 15 is 0 Å². The number of benzene rings is 2. The van der Waals surface area contributed by atoms with Gasteiger partial charge in [0.1, 0.15) is 12.4 Å². The molecule has 0 bridgehead atoms. The summed E-state index contributed by atoms with van der Waals surface area (Å²) >= 11 is 0. The summed E-state index contributed by atoms with van der Waals surface area (Å²) in [7, 11) is 0. The van der Waals surface area contributed by atoms with E-state index in [-0.39, 0.29) is 0 Å². The Kier molecular flexibility index (Phi) is 5.33. The first-order chi connectivity index (χ1) is 9.83. The zero-order chi connectivity index (χ0) is 14.2. The van der Waals surface area contributed by atoms with E-state index < -0.39 is 0 Å². The Morgan fingerprint density at radius 3 is 2.60 bits per heavy atom. The van der Waals surface area contributed by atoms with E-state index in [1.54, 1.807) is 6.07 Å². The van der Waals surface area contributed by atoms with Gasteiger partial charge in [-0.05, 0) is 29.8 Å². The topological polar surface area (TPSA) is 38.3 Å². The average Bonchev–Trinajstić information content (AvgIpc) is 2.52. The number of hydrogen-bond donors (Lipinski definition) is 1. The zero-order valence-electron chi connectivity index (χ0n) is 11.6. The van der Waals surface area contributed by atoms with Crippen molar-refractivity contribution in [3.05, 3.63) is 65.2 Å². The molecule has 0 unspecified atom stereocenters. The highest BCUT2D eigenvalue weighted by molar-refractivity contribution is 5.79. The molecule has 0 aliphatic heterocycles. The summed E-state index contributed by atoms with van der Waals surface area (Å²) < 4.78 is 5.78. The van der Waals surface area contributed by atoms with Gasteiger partial charge < -0.3 is 10.1 Å². The lowest BCUT2D eigenvalue weighted by atomic mass is 10.1. The number of hydrogen-bond acceptors (Lipinski definition) is 3. The second-order valence-corrected chi connectivity index (χ2v) is 4.54. The molecule has 104 valence electrons. The van der Waals surface area contributed by atoms with Gasteiger partial charge in [-0.2, -0.15) is 0 Å². The fourth-order valence-corrected chi connectivity index (χ4v) is 1.92. The minimum Gasteiger partial charge on any atom is -0.488 e. The lowest BCUT2D eigenvalue weighted by molar-refractivity contribution is 0.111. The molecule has 20 heavy (non-hydrogen) atoms. The lowest BCUT2D eigenvalue weighted by Crippen LogP contribution is -2.12. The van der Waals surface area contributed by atoms with E-state index in [2.05, 4.69) is 12.2 Å². The summed E-state index contributed by atoms with van der Waals surface area (Å²) in [6.45, 7) is 4.21. The number of aldehydes is 1. The van der Waals surface area contributed by atoms with Crippen molar-refractivity contribution >= 4 is 6.29 Å². The van der Waals surface area contributed by atoms with Gasteiger partial charge in [0, 0.05) is 6.54 Å². The fourth-order valence-electron chi connectivity index (χ4n) is 1.92. The minimum absolute atomic E-state index is 0.465. The van der Waals surface area contributed by atoms with Gasteiger partial charge in [-0.25, -0.2) is 0 Å². The molecule has 3 nitrogen and oxygen atoms in total. The van der Waals surface area contributed by atoms with Gasteiger partial charge >= 0.3 is 0 Å². The van der Waals surface area contributed by atoms with E-state index in [9.17, 15) is 4.79 Å². The van der Waals surface area contributed by atoms with Crippen LogP contribution in [0.3, 0.4) is 0 Å². The van der Waals surface area contributed by atoms with Gasteiger partial charge in [-0.15, -0.1) is 0 Å². The maximum absolute atomic E-state index is 11.1. The summed E-state index contributed by atoms with van der Waals surface area (Å²) in [5.74, 6) is 0.638. The van der Waals surface area contributed by atoms with Crippen molar-refractivity contribution in [2.45, 2.75) is 20.1 Å². The molecule has 0 atom stereocenters. The number of ether oxygens (including phenoxy) is 1. The molecule has 0 saturated carbocycles. The van der Waals surface area contributed by atoms with E-state index in [0.29, 0.717) is 17.9 Å². The summed E-state index contributed by atoms with van der Waals surface area (Å²) in [4.78, 5) is 11.1. The van der Waals surface area contributed by atoms with Crippen LogP contribution in [0.15, 0.2) is 48.5 Å². The van der Waals surface area contributed by atoms with E-state index in [1.807, 2.05) is 42.5 Å². The molecule has 2 aromatic carbocycles. The van der Waals surface area contributed by atoms with E-state index in [1.165, 1.54) is 0 Å². The van der Waals surface area contributed by atoms with Gasteiger partial charge in [0.05, 0.1) is 5.56 Å². The fraction of sp³-hybridized carbons (Fsp3) is 0.235. The second-order valence-electron chi connectivity index (χ2n) is 4.54. The van der Waals surface area contributed by atoms with Crippen molar-refractivity contribution in [2.24, 2.45) is 0 Å². The van der Waals surface area contributed by atoms with Crippen LogP contribution < -0.4 is 10.1 Å². The standard InChI is InChI=1S/C17H19NO2/c1-2-18-11-15-8-9-16(12-19)17(10-15)20-13-14-6-4-3-5-7-14/h3-10,12,18H,2,11,13H2,1H3. The quantitative estimate of drug-likeness (QED) is 0.784. The monoisotopic (exact) mass is 269 g/mol. The summed E-state index contributed by atoms with van der Waals surface area (Å²) in [6.07, 6.45) is 0.831. The Morgan fingerprint density at radius 2 is 1.90 bits per heavy atom. The summed E-state index contributed by atoms with van der Waals surface area (Å²) in [6, 6.07) is 15.6. The van der Waals surface area contributed by atoms with Gasteiger partial charge in [0.25, 0.3) is 0 Å². The zero-order valence-corrected chi connectivity index (χ0v) is 11.6. The average molecular weight is 269 g/mol. The van der Waals surface area contributed by atoms with Crippen LogP contribution in [0.4, 0.5) is 0 Å². The molecule has 0 aliphatic carbocycles. The highest BCUT2D eigenvalue weighted by atomic mass is 16.5. The van der Waals surface area contributed by atoms with Gasteiger partial charge in [-0.1, -0.05) is 43.3 Å². The molecule has 0 radical (unpaired) electrons. The SMILES string of the molecule is CCNCc1ccc(C=O)c(OCc2ccccc2)c1. The Labute approximate surface area is 119 Å². The smallest absolute Gasteiger partial charge is 0.153 e. The Balaban J connectivity index is 2.09. The maximum Gasteiger partial charge on any atom is 0.153 e. The van der Waals surface area contributed by atoms with Crippen molar-refractivity contribution in [3.8, 4) is 5.75 Å². The van der Waals surface area contributed by atoms with Gasteiger partial charge in [-0.3, -0.25) is 4.79 Å². The molecule has 0 aromatic heterocycles. The second kappa shape index (κ2) is 7.46. The lowest BCUT2D eigenvalue weighted by Gasteiger charge is -2.11. The molecule has 2 aromatic rings. The predicted molar refractivity (Wildman–Crippen MR) is 80.0 cm³/mol. The van der Waals surface area contributed by atoms with E-state index in [0.717, 1.165) is 30.5 Å². The van der Waals surface area contributed by atoms with Crippen LogP contribution in [0, 0.1) is 0 Å². The molecule has 0 amide bonds. The largest absolute Gasteiger partial charge is 0.488 e. The molecular formula is C17H19NO2. The summed E-state index contributed by atoms with van der Waals surface area (Å²) in [5, 5.41) is 3.26. The van der Waals surface area contributed by atoms with Crippen molar-refractivity contribution in [1.29, 1.82) is 0 Å². The first-order valence-electron chi connectivity index (χ1n) is 6.79. The third kappa shape index (κ3) is 3.93. The summed E-state index contributed by atoms with van der Waals surface area (Å²) in [5.41, 5.74) is 2.78. The molecule has 0 heterocycles. The molecule has 0 saturated heterocycles. The Morgan fingerprint density at radius 1 is 1.10 bits per heavy atom. The van der Waals surface area contributed by atoms with E-state index in [4.69, 9.17) is 4.74 Å². The van der Waals surface area contributed by atoms with Crippen LogP contribution in [-0.2, 0) is 13.2 Å². The van der Waals surface area contributed by atoms with Crippen molar-refractivity contribution < 1.29 is 9.53 Å². The maximum atomic E-state index is 11.1. The molecule has 2 rings (SSSR count). The first-order valence-corrected chi connectivity index (χ1v) is 6.79. The van der Waals surface area contributed by atoms with Crippen LogP contribution in [0.5, 0.6) is 5.75 Å². The molecule has 1 N–H and O–H groups in total. The number of carbonyl (C=O) groups excluding carboxylic acids is 1. The van der Waals surface area contributed by atoms with Crippen molar-refractivity contribution in [3.63, 3.8) is 0 Å². The molecule has 0 aliphatic rings. The molecule has 0 fully saturated rings. The molecule has 0 spiro atoms. The third-order valence-electron chi connectivity index (χ3n) is 3.02. The molecular weight excluding hydrogens is 250 g/mol. The van der Waals surface area contributed by atoms with Crippen LogP contribution >= 0.6 is 0 Å². The number of rotatable bonds is 7. The predicted octanol–water partition coefficient (Wildman–Crippen LogP) is 3.19. The van der Waals surface area contributed by atoms with Crippen LogP contribution in [0.2, 0.25) is 0 Å². The third-order valence-corrected chi connectivity index (χ3v) is 3.02. The van der Waals surface area contributed by atoms with Crippen molar-refractivity contribution in [1.82, 2.24) is 5.32 Å². The highest BCUT2D eigenvalue weighted by Gasteiger charge is 2.05. The van der Waals surface area contributed by atoms with Crippen LogP contribution in [-0.4, -0.2) is 12.8 Å². The highest BCUT2D eigenvalue weighted by Crippen LogP contribution is 2.20. The van der Waals surface area contributed by atoms with Crippen molar-refractivity contribution in [2.75, 3.05) is 6.54 Å². The van der Waals surface area contributed by atoms with Crippen LogP contribution in [0.1, 0.15) is 28.4 Å². The van der Waals surface area contributed by atoms with Gasteiger partial charge in [0.2, 0.25) is 0 Å². The number of nitrogens with one attached hydrogen (secondary N) is 1. The van der Waals surface area contributed by atoms with Gasteiger partial charge in [0.15, 0.2) is 6.29 Å².